The van der Waals surface area contributed by atoms with Crippen molar-refractivity contribution in [2.24, 2.45) is 0 Å². The molecule has 1 fully saturated rings. The summed E-state index contributed by atoms with van der Waals surface area (Å²) < 4.78 is -0.206. The van der Waals surface area contributed by atoms with E-state index in [-0.39, 0.29) is 10.5 Å². The van der Waals surface area contributed by atoms with E-state index in [1.807, 2.05) is 48.5 Å². The summed E-state index contributed by atoms with van der Waals surface area (Å²) in [4.78, 5) is 13.7. The van der Waals surface area contributed by atoms with Crippen LogP contribution in [0.2, 0.25) is 0 Å². The first-order valence-electron chi connectivity index (χ1n) is 6.14. The first-order valence-corrected chi connectivity index (χ1v) is 6.96. The van der Waals surface area contributed by atoms with Crippen LogP contribution in [0.3, 0.4) is 0 Å². The summed E-state index contributed by atoms with van der Waals surface area (Å²) in [6.45, 7) is 0. The molecule has 0 heterocycles. The third-order valence-electron chi connectivity index (χ3n) is 3.21. The highest BCUT2D eigenvalue weighted by atomic mass is 32.2. The molecule has 0 amide bonds. The number of carbonyl (C=O) groups is 1. The van der Waals surface area contributed by atoms with Gasteiger partial charge in [-0.2, -0.15) is 0 Å². The fraction of sp³-hybridized carbons (Fsp3) is 0.188. The Kier molecular flexibility index (Phi) is 2.96. The van der Waals surface area contributed by atoms with Crippen molar-refractivity contribution in [1.82, 2.24) is 0 Å². The van der Waals surface area contributed by atoms with E-state index in [0.29, 0.717) is 0 Å². The van der Waals surface area contributed by atoms with E-state index in [2.05, 4.69) is 12.1 Å². The average molecular weight is 254 g/mol. The van der Waals surface area contributed by atoms with Crippen molar-refractivity contribution in [2.75, 3.05) is 0 Å². The minimum Gasteiger partial charge on any atom is -0.293 e. The molecule has 18 heavy (non-hydrogen) atoms. The Hall–Kier alpha value is -1.54. The average Bonchev–Trinajstić information content (AvgIpc) is 3.21. The molecular formula is C16H14OS. The molecule has 0 radical (unpaired) electrons. The lowest BCUT2D eigenvalue weighted by atomic mass is 10.1. The lowest BCUT2D eigenvalue weighted by Gasteiger charge is -2.13. The third kappa shape index (κ3) is 2.21. The topological polar surface area (TPSA) is 17.1 Å². The maximum Gasteiger partial charge on any atom is 0.179 e. The van der Waals surface area contributed by atoms with Gasteiger partial charge in [0.2, 0.25) is 0 Å². The van der Waals surface area contributed by atoms with E-state index in [9.17, 15) is 4.79 Å². The summed E-state index contributed by atoms with van der Waals surface area (Å²) in [5.74, 6) is 0.275. The van der Waals surface area contributed by atoms with E-state index in [1.165, 1.54) is 4.90 Å². The molecule has 0 atom stereocenters. The van der Waals surface area contributed by atoms with E-state index >= 15 is 0 Å². The van der Waals surface area contributed by atoms with Gasteiger partial charge in [0.25, 0.3) is 0 Å². The zero-order valence-corrected chi connectivity index (χ0v) is 10.8. The van der Waals surface area contributed by atoms with Gasteiger partial charge < -0.3 is 0 Å². The largest absolute Gasteiger partial charge is 0.293 e. The van der Waals surface area contributed by atoms with E-state index < -0.39 is 0 Å². The van der Waals surface area contributed by atoms with Crippen molar-refractivity contribution in [1.29, 1.82) is 0 Å². The van der Waals surface area contributed by atoms with Gasteiger partial charge in [-0.05, 0) is 25.0 Å². The quantitative estimate of drug-likeness (QED) is 0.761. The Labute approximate surface area is 111 Å². The number of carbonyl (C=O) groups excluding carboxylic acids is 1. The van der Waals surface area contributed by atoms with Crippen LogP contribution in [0.5, 0.6) is 0 Å². The van der Waals surface area contributed by atoms with Crippen LogP contribution in [0.4, 0.5) is 0 Å². The zero-order valence-electron chi connectivity index (χ0n) is 10.0. The molecule has 2 heteroatoms. The predicted molar refractivity (Wildman–Crippen MR) is 75.0 cm³/mol. The standard InChI is InChI=1S/C16H14OS/c17-15(13-7-3-1-4-8-13)16(11-12-16)18-14-9-5-2-6-10-14/h1-10H,11-12H2. The molecule has 1 aliphatic rings. The molecule has 0 saturated heterocycles. The number of hydrogen-bond donors (Lipinski definition) is 0. The van der Waals surface area contributed by atoms with Crippen LogP contribution in [0.1, 0.15) is 23.2 Å². The van der Waals surface area contributed by atoms with E-state index in [4.69, 9.17) is 0 Å². The van der Waals surface area contributed by atoms with Crippen LogP contribution >= 0.6 is 11.8 Å². The second-order valence-electron chi connectivity index (χ2n) is 4.60. The highest BCUT2D eigenvalue weighted by Crippen LogP contribution is 2.53. The van der Waals surface area contributed by atoms with Crippen LogP contribution in [-0.2, 0) is 0 Å². The third-order valence-corrected chi connectivity index (χ3v) is 4.70. The van der Waals surface area contributed by atoms with Crippen molar-refractivity contribution in [3.8, 4) is 0 Å². The molecule has 0 bridgehead atoms. The fourth-order valence-electron chi connectivity index (χ4n) is 2.06. The molecule has 3 rings (SSSR count). The molecule has 1 aliphatic carbocycles. The van der Waals surface area contributed by atoms with Gasteiger partial charge in [-0.15, -0.1) is 11.8 Å². The van der Waals surface area contributed by atoms with Crippen molar-refractivity contribution in [3.05, 3.63) is 66.2 Å². The summed E-state index contributed by atoms with van der Waals surface area (Å²) in [6.07, 6.45) is 1.97. The number of rotatable bonds is 4. The van der Waals surface area contributed by atoms with Gasteiger partial charge in [-0.1, -0.05) is 48.5 Å². The van der Waals surface area contributed by atoms with Gasteiger partial charge in [0, 0.05) is 10.5 Å². The van der Waals surface area contributed by atoms with Crippen LogP contribution in [0.25, 0.3) is 0 Å². The minimum absolute atomic E-state index is 0.206. The first kappa shape index (κ1) is 11.5. The van der Waals surface area contributed by atoms with Crippen LogP contribution < -0.4 is 0 Å². The van der Waals surface area contributed by atoms with Gasteiger partial charge in [0.05, 0.1) is 4.75 Å². The number of ketones is 1. The molecule has 90 valence electrons. The Morgan fingerprint density at radius 1 is 0.889 bits per heavy atom. The maximum absolute atomic E-state index is 12.5. The van der Waals surface area contributed by atoms with Gasteiger partial charge >= 0.3 is 0 Å². The van der Waals surface area contributed by atoms with E-state index in [1.54, 1.807) is 11.8 Å². The summed E-state index contributed by atoms with van der Waals surface area (Å²) in [6, 6.07) is 19.8. The summed E-state index contributed by atoms with van der Waals surface area (Å²) in [7, 11) is 0. The van der Waals surface area contributed by atoms with Crippen LogP contribution in [-0.4, -0.2) is 10.5 Å². The van der Waals surface area contributed by atoms with Crippen LogP contribution in [0.15, 0.2) is 65.6 Å². The Morgan fingerprint density at radius 3 is 2.00 bits per heavy atom. The SMILES string of the molecule is O=C(c1ccccc1)C1(Sc2ccccc2)CC1. The number of benzene rings is 2. The van der Waals surface area contributed by atoms with Gasteiger partial charge in [-0.3, -0.25) is 4.79 Å². The second kappa shape index (κ2) is 4.62. The van der Waals surface area contributed by atoms with Gasteiger partial charge in [0.1, 0.15) is 0 Å². The molecule has 2 aromatic carbocycles. The van der Waals surface area contributed by atoms with Crippen molar-refractivity contribution < 1.29 is 4.79 Å². The molecule has 0 unspecified atom stereocenters. The van der Waals surface area contributed by atoms with Crippen molar-refractivity contribution >= 4 is 17.5 Å². The molecule has 0 aliphatic heterocycles. The summed E-state index contributed by atoms with van der Waals surface area (Å²) >= 11 is 1.71. The maximum atomic E-state index is 12.5. The Balaban J connectivity index is 1.82. The lowest BCUT2D eigenvalue weighted by molar-refractivity contribution is 0.0981. The highest BCUT2D eigenvalue weighted by Gasteiger charge is 2.50. The molecule has 2 aromatic rings. The molecule has 0 aromatic heterocycles. The predicted octanol–water partition coefficient (Wildman–Crippen LogP) is 4.19. The van der Waals surface area contributed by atoms with Crippen molar-refractivity contribution in [3.63, 3.8) is 0 Å². The molecule has 1 saturated carbocycles. The van der Waals surface area contributed by atoms with Gasteiger partial charge in [-0.25, -0.2) is 0 Å². The monoisotopic (exact) mass is 254 g/mol. The smallest absolute Gasteiger partial charge is 0.179 e. The molecule has 0 N–H and O–H groups in total. The summed E-state index contributed by atoms with van der Waals surface area (Å²) in [5.41, 5.74) is 0.832. The lowest BCUT2D eigenvalue weighted by Crippen LogP contribution is -2.18. The molecule has 0 spiro atoms. The van der Waals surface area contributed by atoms with Crippen LogP contribution in [0, 0.1) is 0 Å². The van der Waals surface area contributed by atoms with E-state index in [0.717, 1.165) is 18.4 Å². The fourth-order valence-corrected chi connectivity index (χ4v) is 3.32. The molecule has 1 nitrogen and oxygen atoms in total. The number of thioether (sulfide) groups is 1. The zero-order chi connectivity index (χ0) is 12.4. The first-order chi connectivity index (χ1) is 8.80. The Morgan fingerprint density at radius 2 is 1.44 bits per heavy atom. The van der Waals surface area contributed by atoms with Gasteiger partial charge in [0.15, 0.2) is 5.78 Å². The molecular weight excluding hydrogens is 240 g/mol. The summed E-state index contributed by atoms with van der Waals surface area (Å²) in [5, 5.41) is 0. The number of hydrogen-bond acceptors (Lipinski definition) is 2. The van der Waals surface area contributed by atoms with Crippen molar-refractivity contribution in [2.45, 2.75) is 22.5 Å². The number of Topliss-reactive ketones (excluding diaryl/α,β-unsaturated/α-hetero) is 1. The Bertz CT molecular complexity index is 544. The normalized spacial score (nSPS) is 16.2. The minimum atomic E-state index is -0.206. The second-order valence-corrected chi connectivity index (χ2v) is 6.06. The highest BCUT2D eigenvalue weighted by molar-refractivity contribution is 8.01.